The quantitative estimate of drug-likeness (QED) is 0.865. The Labute approximate surface area is 130 Å². The average molecular weight is 299 g/mol. The van der Waals surface area contributed by atoms with Crippen LogP contribution in [0.15, 0.2) is 36.5 Å². The summed E-state index contributed by atoms with van der Waals surface area (Å²) < 4.78 is 4.81. The van der Waals surface area contributed by atoms with Crippen LogP contribution in [-0.4, -0.2) is 17.7 Å². The molecule has 0 unspecified atom stereocenters. The third-order valence-corrected chi connectivity index (χ3v) is 3.28. The van der Waals surface area contributed by atoms with Gasteiger partial charge in [-0.1, -0.05) is 25.1 Å². The summed E-state index contributed by atoms with van der Waals surface area (Å²) in [7, 11) is 0. The lowest BCUT2D eigenvalue weighted by atomic mass is 10.1. The van der Waals surface area contributed by atoms with Crippen molar-refractivity contribution in [2.45, 2.75) is 27.2 Å². The highest BCUT2D eigenvalue weighted by molar-refractivity contribution is 5.83. The van der Waals surface area contributed by atoms with Crippen LogP contribution in [0.1, 0.15) is 25.0 Å². The molecule has 0 bridgehead atoms. The molecule has 5 nitrogen and oxygen atoms in total. The standard InChI is InChI=1S/C17H21N3O2/c1-4-13-8-6-7-12(3)16(13)19-14-9-10-15(18-11-14)20-17(21)22-5-2/h6-11,19H,4-5H2,1-3H3,(H,18,20,21). The van der Waals surface area contributed by atoms with E-state index in [2.05, 4.69) is 47.7 Å². The SMILES string of the molecule is CCOC(=O)Nc1ccc(Nc2c(C)cccc2CC)cn1. The number of hydrogen-bond donors (Lipinski definition) is 2. The van der Waals surface area contributed by atoms with Crippen LogP contribution in [0.5, 0.6) is 0 Å². The van der Waals surface area contributed by atoms with Crippen LogP contribution >= 0.6 is 0 Å². The molecule has 2 N–H and O–H groups in total. The van der Waals surface area contributed by atoms with Crippen LogP contribution in [-0.2, 0) is 11.2 Å². The number of amides is 1. The Balaban J connectivity index is 2.10. The molecule has 0 aliphatic carbocycles. The molecular weight excluding hydrogens is 278 g/mol. The number of anilines is 3. The van der Waals surface area contributed by atoms with E-state index in [-0.39, 0.29) is 0 Å². The summed E-state index contributed by atoms with van der Waals surface area (Å²) >= 11 is 0. The second kappa shape index (κ2) is 7.45. The highest BCUT2D eigenvalue weighted by Gasteiger charge is 2.06. The molecule has 0 spiro atoms. The summed E-state index contributed by atoms with van der Waals surface area (Å²) in [6.07, 6.45) is 2.15. The maximum atomic E-state index is 11.3. The first-order chi connectivity index (χ1) is 10.6. The summed E-state index contributed by atoms with van der Waals surface area (Å²) in [5, 5.41) is 5.96. The van der Waals surface area contributed by atoms with Crippen molar-refractivity contribution in [3.8, 4) is 0 Å². The van der Waals surface area contributed by atoms with Crippen LogP contribution in [0.2, 0.25) is 0 Å². The predicted molar refractivity (Wildman–Crippen MR) is 88.7 cm³/mol. The lowest BCUT2D eigenvalue weighted by Crippen LogP contribution is -2.14. The van der Waals surface area contributed by atoms with Gasteiger partial charge in [0.25, 0.3) is 0 Å². The number of ether oxygens (including phenoxy) is 1. The summed E-state index contributed by atoms with van der Waals surface area (Å²) in [6, 6.07) is 9.86. The van der Waals surface area contributed by atoms with Gasteiger partial charge in [-0.05, 0) is 43.5 Å². The molecule has 0 radical (unpaired) electrons. The van der Waals surface area contributed by atoms with Crippen molar-refractivity contribution in [2.24, 2.45) is 0 Å². The van der Waals surface area contributed by atoms with Crippen LogP contribution in [0.3, 0.4) is 0 Å². The number of benzene rings is 1. The zero-order chi connectivity index (χ0) is 15.9. The van der Waals surface area contributed by atoms with E-state index in [4.69, 9.17) is 4.74 Å². The first kappa shape index (κ1) is 15.8. The third-order valence-electron chi connectivity index (χ3n) is 3.28. The highest BCUT2D eigenvalue weighted by atomic mass is 16.5. The van der Waals surface area contributed by atoms with Gasteiger partial charge in [-0.15, -0.1) is 0 Å². The van der Waals surface area contributed by atoms with Crippen molar-refractivity contribution in [1.29, 1.82) is 0 Å². The topological polar surface area (TPSA) is 63.2 Å². The fourth-order valence-corrected chi connectivity index (χ4v) is 2.16. The van der Waals surface area contributed by atoms with E-state index in [0.29, 0.717) is 12.4 Å². The van der Waals surface area contributed by atoms with E-state index >= 15 is 0 Å². The van der Waals surface area contributed by atoms with Crippen molar-refractivity contribution in [2.75, 3.05) is 17.2 Å². The number of aromatic nitrogens is 1. The minimum Gasteiger partial charge on any atom is -0.450 e. The first-order valence-corrected chi connectivity index (χ1v) is 7.39. The van der Waals surface area contributed by atoms with Gasteiger partial charge in [-0.3, -0.25) is 5.32 Å². The van der Waals surface area contributed by atoms with E-state index in [1.165, 1.54) is 11.1 Å². The Kier molecular flexibility index (Phi) is 5.36. The Morgan fingerprint density at radius 1 is 1.23 bits per heavy atom. The molecule has 116 valence electrons. The molecule has 0 aliphatic rings. The number of pyridine rings is 1. The molecule has 0 saturated heterocycles. The molecule has 0 fully saturated rings. The van der Waals surface area contributed by atoms with Gasteiger partial charge < -0.3 is 10.1 Å². The number of carbonyl (C=O) groups excluding carboxylic acids is 1. The second-order valence-corrected chi connectivity index (χ2v) is 4.87. The van der Waals surface area contributed by atoms with Gasteiger partial charge >= 0.3 is 6.09 Å². The number of nitrogens with zero attached hydrogens (tertiary/aromatic N) is 1. The smallest absolute Gasteiger partial charge is 0.412 e. The van der Waals surface area contributed by atoms with Crippen molar-refractivity contribution in [3.63, 3.8) is 0 Å². The summed E-state index contributed by atoms with van der Waals surface area (Å²) in [5.74, 6) is 0.462. The summed E-state index contributed by atoms with van der Waals surface area (Å²) in [4.78, 5) is 15.5. The summed E-state index contributed by atoms with van der Waals surface area (Å²) in [5.41, 5.74) is 4.43. The Morgan fingerprint density at radius 2 is 2.05 bits per heavy atom. The van der Waals surface area contributed by atoms with Crippen LogP contribution in [0.4, 0.5) is 22.0 Å². The van der Waals surface area contributed by atoms with E-state index in [9.17, 15) is 4.79 Å². The summed E-state index contributed by atoms with van der Waals surface area (Å²) in [6.45, 7) is 6.29. The van der Waals surface area contributed by atoms with Gasteiger partial charge in [0.15, 0.2) is 0 Å². The molecule has 1 amide bonds. The molecule has 1 aromatic carbocycles. The predicted octanol–water partition coefficient (Wildman–Crippen LogP) is 4.26. The van der Waals surface area contributed by atoms with E-state index < -0.39 is 6.09 Å². The Hall–Kier alpha value is -2.56. The molecule has 0 aliphatic heterocycles. The molecule has 2 rings (SSSR count). The maximum Gasteiger partial charge on any atom is 0.412 e. The lowest BCUT2D eigenvalue weighted by molar-refractivity contribution is 0.168. The van der Waals surface area contributed by atoms with Gasteiger partial charge in [0.2, 0.25) is 0 Å². The Morgan fingerprint density at radius 3 is 2.68 bits per heavy atom. The van der Waals surface area contributed by atoms with Gasteiger partial charge in [-0.2, -0.15) is 0 Å². The van der Waals surface area contributed by atoms with Crippen molar-refractivity contribution >= 4 is 23.3 Å². The minimum absolute atomic E-state index is 0.332. The molecule has 0 atom stereocenters. The number of carbonyl (C=O) groups is 1. The largest absolute Gasteiger partial charge is 0.450 e. The van der Waals surface area contributed by atoms with Crippen LogP contribution in [0.25, 0.3) is 0 Å². The number of rotatable bonds is 5. The molecule has 0 saturated carbocycles. The lowest BCUT2D eigenvalue weighted by Gasteiger charge is -2.14. The second-order valence-electron chi connectivity index (χ2n) is 4.87. The molecule has 1 aromatic heterocycles. The fourth-order valence-electron chi connectivity index (χ4n) is 2.16. The molecule has 2 aromatic rings. The van der Waals surface area contributed by atoms with Gasteiger partial charge in [-0.25, -0.2) is 9.78 Å². The minimum atomic E-state index is -0.497. The zero-order valence-corrected chi connectivity index (χ0v) is 13.1. The van der Waals surface area contributed by atoms with Crippen molar-refractivity contribution in [1.82, 2.24) is 4.98 Å². The van der Waals surface area contributed by atoms with E-state index in [1.54, 1.807) is 19.2 Å². The van der Waals surface area contributed by atoms with E-state index in [0.717, 1.165) is 17.8 Å². The average Bonchev–Trinajstić information content (AvgIpc) is 2.51. The number of nitrogens with one attached hydrogen (secondary N) is 2. The number of hydrogen-bond acceptors (Lipinski definition) is 4. The number of para-hydroxylation sites is 1. The van der Waals surface area contributed by atoms with Gasteiger partial charge in [0.05, 0.1) is 18.5 Å². The third kappa shape index (κ3) is 3.97. The normalized spacial score (nSPS) is 10.1. The van der Waals surface area contributed by atoms with Crippen molar-refractivity contribution in [3.05, 3.63) is 47.7 Å². The van der Waals surface area contributed by atoms with Crippen LogP contribution in [0, 0.1) is 6.92 Å². The van der Waals surface area contributed by atoms with Crippen LogP contribution < -0.4 is 10.6 Å². The van der Waals surface area contributed by atoms with Gasteiger partial charge in [0.1, 0.15) is 5.82 Å². The van der Waals surface area contributed by atoms with Crippen molar-refractivity contribution < 1.29 is 9.53 Å². The molecule has 5 heteroatoms. The first-order valence-electron chi connectivity index (χ1n) is 7.39. The van der Waals surface area contributed by atoms with E-state index in [1.807, 2.05) is 6.07 Å². The zero-order valence-electron chi connectivity index (χ0n) is 13.1. The van der Waals surface area contributed by atoms with Gasteiger partial charge in [0, 0.05) is 5.69 Å². The molecule has 22 heavy (non-hydrogen) atoms. The molecular formula is C17H21N3O2. The molecule has 1 heterocycles. The highest BCUT2D eigenvalue weighted by Crippen LogP contribution is 2.25. The monoisotopic (exact) mass is 299 g/mol. The maximum absolute atomic E-state index is 11.3. The Bertz CT molecular complexity index is 639. The fraction of sp³-hybridized carbons (Fsp3) is 0.294. The number of aryl methyl sites for hydroxylation is 2.